The van der Waals surface area contributed by atoms with Gasteiger partial charge >= 0.3 is 0 Å². The molecule has 0 saturated carbocycles. The number of hydrogen-bond donors (Lipinski definition) is 0. The van der Waals surface area contributed by atoms with E-state index in [1.807, 2.05) is 24.3 Å². The minimum absolute atomic E-state index is 0.283. The second-order valence-electron chi connectivity index (χ2n) is 4.87. The van der Waals surface area contributed by atoms with E-state index in [4.69, 9.17) is 4.74 Å². The van der Waals surface area contributed by atoms with Gasteiger partial charge in [0.15, 0.2) is 0 Å². The number of hydrogen-bond acceptors (Lipinski definition) is 1. The van der Waals surface area contributed by atoms with Crippen molar-refractivity contribution < 1.29 is 4.74 Å². The molecule has 0 aliphatic carbocycles. The molecule has 0 aromatic heterocycles. The van der Waals surface area contributed by atoms with E-state index >= 15 is 0 Å². The average molecular weight is 262 g/mol. The largest absolute Gasteiger partial charge is 0.374 e. The number of unbranched alkanes of at least 4 members (excludes halogenated alkanes) is 2. The third kappa shape index (κ3) is 10.5. The molecule has 2 atom stereocenters. The maximum Gasteiger partial charge on any atom is 0.0613 e. The van der Waals surface area contributed by atoms with Gasteiger partial charge in [-0.25, -0.2) is 0 Å². The van der Waals surface area contributed by atoms with Crippen LogP contribution in [0.2, 0.25) is 0 Å². The van der Waals surface area contributed by atoms with Gasteiger partial charge in [-0.1, -0.05) is 24.3 Å². The first kappa shape index (κ1) is 17.9. The highest BCUT2D eigenvalue weighted by Gasteiger charge is 2.14. The van der Waals surface area contributed by atoms with Crippen LogP contribution in [0, 0.1) is 0 Å². The minimum Gasteiger partial charge on any atom is -0.374 e. The second-order valence-corrected chi connectivity index (χ2v) is 4.87. The SMILES string of the molecule is C=CCCCC(CC=C)OC(CC=C)CCCC=C. The predicted molar refractivity (Wildman–Crippen MR) is 86.4 cm³/mol. The Kier molecular flexibility index (Phi) is 12.6. The normalized spacial score (nSPS) is 13.5. The summed E-state index contributed by atoms with van der Waals surface area (Å²) in [5, 5.41) is 0. The maximum atomic E-state index is 6.21. The van der Waals surface area contributed by atoms with Crippen molar-refractivity contribution in [1.29, 1.82) is 0 Å². The molecule has 0 aliphatic rings. The molecular formula is C18H30O. The van der Waals surface area contributed by atoms with E-state index in [0.717, 1.165) is 51.4 Å². The van der Waals surface area contributed by atoms with Crippen molar-refractivity contribution >= 4 is 0 Å². The fraction of sp³-hybridized carbons (Fsp3) is 0.556. The van der Waals surface area contributed by atoms with Crippen LogP contribution in [0.15, 0.2) is 50.6 Å². The lowest BCUT2D eigenvalue weighted by molar-refractivity contribution is -0.0182. The van der Waals surface area contributed by atoms with Gasteiger partial charge in [0.1, 0.15) is 0 Å². The molecule has 1 heteroatoms. The van der Waals surface area contributed by atoms with E-state index in [1.54, 1.807) is 0 Å². The van der Waals surface area contributed by atoms with Gasteiger partial charge in [-0.05, 0) is 51.4 Å². The molecule has 2 unspecified atom stereocenters. The zero-order chi connectivity index (χ0) is 14.3. The topological polar surface area (TPSA) is 9.23 Å². The molecule has 0 fully saturated rings. The molecule has 0 heterocycles. The molecule has 0 amide bonds. The predicted octanol–water partition coefficient (Wildman–Crippen LogP) is 5.61. The Labute approximate surface area is 119 Å². The average Bonchev–Trinajstić information content (AvgIpc) is 2.39. The van der Waals surface area contributed by atoms with Gasteiger partial charge < -0.3 is 4.74 Å². The van der Waals surface area contributed by atoms with Crippen molar-refractivity contribution in [2.24, 2.45) is 0 Å². The lowest BCUT2D eigenvalue weighted by atomic mass is 10.1. The van der Waals surface area contributed by atoms with Crippen molar-refractivity contribution in [1.82, 2.24) is 0 Å². The molecule has 0 N–H and O–H groups in total. The van der Waals surface area contributed by atoms with Crippen LogP contribution >= 0.6 is 0 Å². The van der Waals surface area contributed by atoms with Gasteiger partial charge in [0.25, 0.3) is 0 Å². The number of allylic oxidation sites excluding steroid dienone is 2. The maximum absolute atomic E-state index is 6.21. The molecule has 0 aliphatic heterocycles. The second kappa shape index (κ2) is 13.4. The van der Waals surface area contributed by atoms with E-state index in [0.29, 0.717) is 0 Å². The van der Waals surface area contributed by atoms with Crippen molar-refractivity contribution in [2.45, 2.75) is 63.6 Å². The van der Waals surface area contributed by atoms with E-state index < -0.39 is 0 Å². The summed E-state index contributed by atoms with van der Waals surface area (Å²) in [7, 11) is 0. The van der Waals surface area contributed by atoms with Crippen LogP contribution in [0.25, 0.3) is 0 Å². The fourth-order valence-electron chi connectivity index (χ4n) is 2.11. The smallest absolute Gasteiger partial charge is 0.0613 e. The molecule has 0 radical (unpaired) electrons. The Hall–Kier alpha value is -1.08. The first-order valence-electron chi connectivity index (χ1n) is 7.37. The van der Waals surface area contributed by atoms with Crippen molar-refractivity contribution in [3.8, 4) is 0 Å². The standard InChI is InChI=1S/C18H30O/c1-5-9-11-15-17(13-7-3)19-18(14-8-4)16-12-10-6-2/h5-8,17-18H,1-4,9-16H2. The third-order valence-corrected chi connectivity index (χ3v) is 3.11. The number of ether oxygens (including phenoxy) is 1. The zero-order valence-electron chi connectivity index (χ0n) is 12.4. The summed E-state index contributed by atoms with van der Waals surface area (Å²) >= 11 is 0. The molecule has 0 aromatic carbocycles. The highest BCUT2D eigenvalue weighted by atomic mass is 16.5. The number of rotatable bonds is 14. The van der Waals surface area contributed by atoms with Crippen LogP contribution in [0.4, 0.5) is 0 Å². The Morgan fingerprint density at radius 1 is 0.684 bits per heavy atom. The van der Waals surface area contributed by atoms with E-state index in [-0.39, 0.29) is 12.2 Å². The minimum atomic E-state index is 0.283. The summed E-state index contributed by atoms with van der Waals surface area (Å²) in [6.45, 7) is 15.2. The highest BCUT2D eigenvalue weighted by molar-refractivity contribution is 4.80. The van der Waals surface area contributed by atoms with Crippen molar-refractivity contribution in [3.05, 3.63) is 50.6 Å². The van der Waals surface area contributed by atoms with E-state index in [9.17, 15) is 0 Å². The van der Waals surface area contributed by atoms with Crippen molar-refractivity contribution in [3.63, 3.8) is 0 Å². The first-order valence-corrected chi connectivity index (χ1v) is 7.37. The summed E-state index contributed by atoms with van der Waals surface area (Å²) in [4.78, 5) is 0. The van der Waals surface area contributed by atoms with Crippen molar-refractivity contribution in [2.75, 3.05) is 0 Å². The van der Waals surface area contributed by atoms with Gasteiger partial charge in [0, 0.05) is 0 Å². The summed E-state index contributed by atoms with van der Waals surface area (Å²) in [6, 6.07) is 0. The zero-order valence-corrected chi connectivity index (χ0v) is 12.4. The molecule has 108 valence electrons. The Morgan fingerprint density at radius 2 is 1.11 bits per heavy atom. The molecule has 0 spiro atoms. The molecular weight excluding hydrogens is 232 g/mol. The molecule has 0 rings (SSSR count). The molecule has 0 aromatic rings. The van der Waals surface area contributed by atoms with Gasteiger partial charge in [-0.2, -0.15) is 0 Å². The third-order valence-electron chi connectivity index (χ3n) is 3.11. The summed E-state index contributed by atoms with van der Waals surface area (Å²) in [5.41, 5.74) is 0. The quantitative estimate of drug-likeness (QED) is 0.292. The van der Waals surface area contributed by atoms with Crippen LogP contribution in [0.3, 0.4) is 0 Å². The lowest BCUT2D eigenvalue weighted by Gasteiger charge is -2.23. The van der Waals surface area contributed by atoms with Gasteiger partial charge in [-0.3, -0.25) is 0 Å². The molecule has 0 saturated heterocycles. The molecule has 19 heavy (non-hydrogen) atoms. The van der Waals surface area contributed by atoms with Crippen LogP contribution in [0.5, 0.6) is 0 Å². The molecule has 1 nitrogen and oxygen atoms in total. The van der Waals surface area contributed by atoms with Crippen LogP contribution < -0.4 is 0 Å². The van der Waals surface area contributed by atoms with E-state index in [1.165, 1.54) is 0 Å². The van der Waals surface area contributed by atoms with Crippen LogP contribution in [0.1, 0.15) is 51.4 Å². The van der Waals surface area contributed by atoms with Crippen LogP contribution in [-0.4, -0.2) is 12.2 Å². The summed E-state index contributed by atoms with van der Waals surface area (Å²) in [5.74, 6) is 0. The van der Waals surface area contributed by atoms with Gasteiger partial charge in [0.05, 0.1) is 12.2 Å². The summed E-state index contributed by atoms with van der Waals surface area (Å²) < 4.78 is 6.21. The monoisotopic (exact) mass is 262 g/mol. The fourth-order valence-corrected chi connectivity index (χ4v) is 2.11. The van der Waals surface area contributed by atoms with Crippen LogP contribution in [-0.2, 0) is 4.74 Å². The molecule has 0 bridgehead atoms. The Bertz CT molecular complexity index is 228. The van der Waals surface area contributed by atoms with E-state index in [2.05, 4.69) is 26.3 Å². The summed E-state index contributed by atoms with van der Waals surface area (Å²) in [6.07, 6.45) is 16.8. The highest BCUT2D eigenvalue weighted by Crippen LogP contribution is 2.18. The lowest BCUT2D eigenvalue weighted by Crippen LogP contribution is -2.21. The Balaban J connectivity index is 4.19. The Morgan fingerprint density at radius 3 is 1.42 bits per heavy atom. The first-order chi connectivity index (χ1) is 9.28. The van der Waals surface area contributed by atoms with Gasteiger partial charge in [-0.15, -0.1) is 26.3 Å². The van der Waals surface area contributed by atoms with Gasteiger partial charge in [0.2, 0.25) is 0 Å².